The van der Waals surface area contributed by atoms with Crippen LogP contribution in [-0.4, -0.2) is 41.2 Å². The second kappa shape index (κ2) is 16.2. The van der Waals surface area contributed by atoms with Crippen LogP contribution in [0.1, 0.15) is 93.6 Å². The molecule has 2 saturated heterocycles. The molecule has 0 spiro atoms. The molecule has 0 bridgehead atoms. The highest BCUT2D eigenvalue weighted by Crippen LogP contribution is 2.41. The molecule has 316 valence electrons. The summed E-state index contributed by atoms with van der Waals surface area (Å²) in [5.74, 6) is 0. The second-order valence-electron chi connectivity index (χ2n) is 19.3. The number of fused-ring (bicyclic) bond motifs is 3. The molecule has 9 rings (SSSR count). The lowest BCUT2D eigenvalue weighted by molar-refractivity contribution is 0.00578. The Morgan fingerprint density at radius 3 is 1.45 bits per heavy atom. The molecule has 2 fully saturated rings. The van der Waals surface area contributed by atoms with E-state index in [1.54, 1.807) is 0 Å². The molecule has 0 amide bonds. The third-order valence-electron chi connectivity index (χ3n) is 14.0. The average Bonchev–Trinajstić information content (AvgIpc) is 3.79. The van der Waals surface area contributed by atoms with Crippen molar-refractivity contribution in [3.63, 3.8) is 0 Å². The van der Waals surface area contributed by atoms with Crippen molar-refractivity contribution >= 4 is 64.0 Å². The predicted molar refractivity (Wildman–Crippen MR) is 260 cm³/mol. The van der Waals surface area contributed by atoms with Gasteiger partial charge in [0.2, 0.25) is 0 Å². The van der Waals surface area contributed by atoms with Crippen molar-refractivity contribution in [2.45, 2.75) is 117 Å². The summed E-state index contributed by atoms with van der Waals surface area (Å²) >= 11 is 0. The lowest BCUT2D eigenvalue weighted by Gasteiger charge is -2.32. The van der Waals surface area contributed by atoms with Crippen LogP contribution in [0.5, 0.6) is 0 Å². The van der Waals surface area contributed by atoms with Gasteiger partial charge in [-0.25, -0.2) is 0 Å². The van der Waals surface area contributed by atoms with Gasteiger partial charge in [0.15, 0.2) is 0 Å². The van der Waals surface area contributed by atoms with Crippen LogP contribution in [-0.2, 0) is 25.0 Å². The molecule has 7 aromatic rings. The highest BCUT2D eigenvalue weighted by atomic mass is 16.7. The van der Waals surface area contributed by atoms with Gasteiger partial charge in [0.05, 0.1) is 33.4 Å². The summed E-state index contributed by atoms with van der Waals surface area (Å²) in [6.45, 7) is 19.0. The number of aryl methyl sites for hydroxylation is 1. The van der Waals surface area contributed by atoms with E-state index in [1.165, 1.54) is 64.3 Å². The first-order valence-electron chi connectivity index (χ1n) is 22.6. The fraction of sp³-hybridized carbons (Fsp3) is 0.333. The molecule has 2 aliphatic heterocycles. The van der Waals surface area contributed by atoms with Crippen LogP contribution in [0.25, 0.3) is 38.6 Å². The number of hydrogen-bond acceptors (Lipinski definition) is 5. The molecular weight excluding hydrogens is 762 g/mol. The van der Waals surface area contributed by atoms with E-state index in [-0.39, 0.29) is 0 Å². The van der Waals surface area contributed by atoms with Crippen molar-refractivity contribution in [2.24, 2.45) is 0 Å². The topological polar surface area (TPSA) is 45.1 Å². The number of hydrogen-bond donors (Lipinski definition) is 0. The van der Waals surface area contributed by atoms with Crippen molar-refractivity contribution in [2.75, 3.05) is 4.90 Å². The Labute approximate surface area is 369 Å². The van der Waals surface area contributed by atoms with Gasteiger partial charge in [-0.3, -0.25) is 0 Å². The average molecular weight is 823 g/mol. The van der Waals surface area contributed by atoms with Gasteiger partial charge in [-0.15, -0.1) is 0 Å². The van der Waals surface area contributed by atoms with E-state index in [1.807, 2.05) is 0 Å². The largest absolute Gasteiger partial charge is 0.494 e. The molecule has 6 nitrogen and oxygen atoms in total. The zero-order chi connectivity index (χ0) is 43.4. The zero-order valence-electron chi connectivity index (χ0n) is 38.0. The van der Waals surface area contributed by atoms with Gasteiger partial charge in [0.1, 0.15) is 0 Å². The molecule has 0 N–H and O–H groups in total. The first-order chi connectivity index (χ1) is 29.6. The van der Waals surface area contributed by atoms with E-state index in [9.17, 15) is 0 Å². The van der Waals surface area contributed by atoms with Gasteiger partial charge in [0.25, 0.3) is 0 Å². The first-order valence-corrected chi connectivity index (χ1v) is 22.6. The zero-order valence-corrected chi connectivity index (χ0v) is 38.0. The van der Waals surface area contributed by atoms with Crippen molar-refractivity contribution in [3.05, 3.63) is 145 Å². The first kappa shape index (κ1) is 42.2. The van der Waals surface area contributed by atoms with Crippen molar-refractivity contribution in [1.82, 2.24) is 4.57 Å². The molecule has 0 unspecified atom stereocenters. The van der Waals surface area contributed by atoms with Gasteiger partial charge < -0.3 is 28.1 Å². The number of para-hydroxylation sites is 1. The molecule has 0 aliphatic carbocycles. The fourth-order valence-corrected chi connectivity index (χ4v) is 8.77. The normalized spacial score (nSPS) is 17.6. The van der Waals surface area contributed by atoms with E-state index < -0.39 is 36.6 Å². The molecule has 0 saturated carbocycles. The molecule has 0 radical (unpaired) electrons. The van der Waals surface area contributed by atoms with Gasteiger partial charge in [-0.1, -0.05) is 105 Å². The van der Waals surface area contributed by atoms with E-state index in [4.69, 9.17) is 18.6 Å². The summed E-state index contributed by atoms with van der Waals surface area (Å²) in [7, 11) is -0.867. The maximum atomic E-state index is 6.41. The Balaban J connectivity index is 1.05. The number of anilines is 3. The number of benzene rings is 6. The Morgan fingerprint density at radius 1 is 0.468 bits per heavy atom. The van der Waals surface area contributed by atoms with Crippen molar-refractivity contribution in [1.29, 1.82) is 0 Å². The standard InChI is InChI=1S/C54H60B2N2O4/c1-10-11-12-13-16-38-19-28-46(29-20-38)58-49-18-15-14-17-47(49)48-36-23-40(37-50(48)58)39-21-30-43(31-22-39)57(44-32-24-41(25-33-44)55-59-51(2,3)52(4,5)60-55)45-34-26-42(27-35-45)56-61-53(6,7)54(8,9)62-56/h14-15,17-37H,10-13,16H2,1-9H3. The number of rotatable bonds is 12. The third kappa shape index (κ3) is 7.81. The minimum atomic E-state index is -0.434. The smallest absolute Gasteiger partial charge is 0.399 e. The molecular formula is C54H60B2N2O4. The minimum absolute atomic E-state index is 0.414. The second-order valence-corrected chi connectivity index (χ2v) is 19.3. The highest BCUT2D eigenvalue weighted by Gasteiger charge is 2.52. The fourth-order valence-electron chi connectivity index (χ4n) is 8.77. The summed E-state index contributed by atoms with van der Waals surface area (Å²) in [5.41, 5.74) is 10.8. The van der Waals surface area contributed by atoms with Crippen molar-refractivity contribution < 1.29 is 18.6 Å². The number of aromatic nitrogens is 1. The van der Waals surface area contributed by atoms with Gasteiger partial charge in [-0.2, -0.15) is 0 Å². The Kier molecular flexibility index (Phi) is 11.0. The van der Waals surface area contributed by atoms with Crippen LogP contribution >= 0.6 is 0 Å². The Hall–Kier alpha value is -5.11. The van der Waals surface area contributed by atoms with Gasteiger partial charge >= 0.3 is 14.2 Å². The van der Waals surface area contributed by atoms with Crippen LogP contribution in [0.4, 0.5) is 17.1 Å². The van der Waals surface area contributed by atoms with E-state index in [2.05, 4.69) is 211 Å². The molecule has 3 heterocycles. The third-order valence-corrected chi connectivity index (χ3v) is 14.0. The molecule has 2 aliphatic rings. The molecule has 0 atom stereocenters. The summed E-state index contributed by atoms with van der Waals surface area (Å²) in [6, 6.07) is 50.9. The van der Waals surface area contributed by atoms with E-state index >= 15 is 0 Å². The van der Waals surface area contributed by atoms with E-state index in [0.717, 1.165) is 40.0 Å². The lowest BCUT2D eigenvalue weighted by Crippen LogP contribution is -2.41. The number of unbranched alkanes of at least 4 members (excludes halogenated alkanes) is 3. The van der Waals surface area contributed by atoms with Gasteiger partial charge in [-0.05, 0) is 157 Å². The van der Waals surface area contributed by atoms with Crippen LogP contribution in [0.3, 0.4) is 0 Å². The van der Waals surface area contributed by atoms with Crippen molar-refractivity contribution in [3.8, 4) is 16.8 Å². The lowest BCUT2D eigenvalue weighted by atomic mass is 9.79. The Morgan fingerprint density at radius 2 is 0.935 bits per heavy atom. The highest BCUT2D eigenvalue weighted by molar-refractivity contribution is 6.62. The Bertz CT molecular complexity index is 2570. The molecule has 6 aromatic carbocycles. The summed E-state index contributed by atoms with van der Waals surface area (Å²) in [4.78, 5) is 2.29. The minimum Gasteiger partial charge on any atom is -0.399 e. The van der Waals surface area contributed by atoms with Gasteiger partial charge in [0, 0.05) is 33.5 Å². The quantitative estimate of drug-likeness (QED) is 0.0907. The van der Waals surface area contributed by atoms with Crippen LogP contribution in [0, 0.1) is 0 Å². The van der Waals surface area contributed by atoms with Crippen LogP contribution in [0.15, 0.2) is 140 Å². The van der Waals surface area contributed by atoms with Crippen LogP contribution in [0.2, 0.25) is 0 Å². The summed E-state index contributed by atoms with van der Waals surface area (Å²) < 4.78 is 28.0. The molecule has 1 aromatic heterocycles. The van der Waals surface area contributed by atoms with Crippen LogP contribution < -0.4 is 15.8 Å². The SMILES string of the molecule is CCCCCCc1ccc(-n2c3ccccc3c3ccc(-c4ccc(N(c5ccc(B6OC(C)(C)C(C)(C)O6)cc5)c5ccc(B6OC(C)(C)C(C)(C)O6)cc5)cc4)cc32)cc1. The maximum Gasteiger partial charge on any atom is 0.494 e. The molecule has 62 heavy (non-hydrogen) atoms. The molecule has 8 heteroatoms. The maximum absolute atomic E-state index is 6.41. The summed E-state index contributed by atoms with van der Waals surface area (Å²) in [5, 5.41) is 2.52. The van der Waals surface area contributed by atoms with E-state index in [0.29, 0.717) is 0 Å². The predicted octanol–water partition coefficient (Wildman–Crippen LogP) is 12.6. The summed E-state index contributed by atoms with van der Waals surface area (Å²) in [6.07, 6.45) is 6.23. The monoisotopic (exact) mass is 822 g/mol. The number of nitrogens with zero attached hydrogens (tertiary/aromatic N) is 2.